The number of aryl methyl sites for hydroxylation is 1. The maximum Gasteiger partial charge on any atom is 0.0300 e. The monoisotopic (exact) mass is 252 g/mol. The summed E-state index contributed by atoms with van der Waals surface area (Å²) in [5, 5.41) is 3.56. The largest absolute Gasteiger partial charge is 0.311 e. The van der Waals surface area contributed by atoms with Crippen molar-refractivity contribution >= 4 is 11.3 Å². The van der Waals surface area contributed by atoms with Crippen molar-refractivity contribution in [1.82, 2.24) is 10.2 Å². The average Bonchev–Trinajstić information content (AvgIpc) is 2.93. The number of nitrogens with zero attached hydrogens (tertiary/aromatic N) is 1. The number of rotatable bonds is 6. The Morgan fingerprint density at radius 1 is 1.47 bits per heavy atom. The molecule has 0 radical (unpaired) electrons. The molecule has 2 nitrogen and oxygen atoms in total. The number of hydrogen-bond acceptors (Lipinski definition) is 3. The van der Waals surface area contributed by atoms with Crippen LogP contribution in [0.4, 0.5) is 0 Å². The number of likely N-dealkylation sites (tertiary alicyclic amines) is 1. The third-order valence-electron chi connectivity index (χ3n) is 3.64. The minimum Gasteiger partial charge on any atom is -0.311 e. The Morgan fingerprint density at radius 2 is 2.35 bits per heavy atom. The zero-order valence-corrected chi connectivity index (χ0v) is 11.9. The van der Waals surface area contributed by atoms with E-state index in [1.54, 1.807) is 0 Å². The first kappa shape index (κ1) is 13.1. The Balaban J connectivity index is 1.63. The van der Waals surface area contributed by atoms with E-state index in [4.69, 9.17) is 0 Å². The summed E-state index contributed by atoms with van der Waals surface area (Å²) < 4.78 is 0. The van der Waals surface area contributed by atoms with Gasteiger partial charge in [0.05, 0.1) is 0 Å². The SMILES string of the molecule is CCC1CCCN1CCNCc1ccc(C)s1. The summed E-state index contributed by atoms with van der Waals surface area (Å²) in [6.45, 7) is 9.15. The van der Waals surface area contributed by atoms with Crippen molar-refractivity contribution in [2.45, 2.75) is 45.7 Å². The van der Waals surface area contributed by atoms with E-state index in [0.29, 0.717) is 0 Å². The number of hydrogen-bond donors (Lipinski definition) is 1. The van der Waals surface area contributed by atoms with Gasteiger partial charge in [-0.1, -0.05) is 6.92 Å². The van der Waals surface area contributed by atoms with Gasteiger partial charge in [-0.2, -0.15) is 0 Å². The van der Waals surface area contributed by atoms with E-state index in [0.717, 1.165) is 19.1 Å². The molecule has 0 amide bonds. The third kappa shape index (κ3) is 3.80. The predicted octanol–water partition coefficient (Wildman–Crippen LogP) is 3.02. The fourth-order valence-corrected chi connectivity index (χ4v) is 3.53. The van der Waals surface area contributed by atoms with Crippen molar-refractivity contribution in [2.24, 2.45) is 0 Å². The van der Waals surface area contributed by atoms with E-state index < -0.39 is 0 Å². The van der Waals surface area contributed by atoms with Gasteiger partial charge in [0.2, 0.25) is 0 Å². The molecule has 0 aromatic carbocycles. The van der Waals surface area contributed by atoms with Crippen LogP contribution in [0.2, 0.25) is 0 Å². The zero-order valence-electron chi connectivity index (χ0n) is 11.0. The first-order chi connectivity index (χ1) is 8.29. The Kier molecular flexibility index (Phi) is 5.01. The van der Waals surface area contributed by atoms with Crippen LogP contribution < -0.4 is 5.32 Å². The molecule has 1 fully saturated rings. The van der Waals surface area contributed by atoms with Crippen LogP contribution in [-0.4, -0.2) is 30.6 Å². The molecule has 2 heterocycles. The second-order valence-electron chi connectivity index (χ2n) is 4.93. The Morgan fingerprint density at radius 3 is 3.06 bits per heavy atom. The quantitative estimate of drug-likeness (QED) is 0.783. The molecule has 0 spiro atoms. The molecule has 0 aliphatic carbocycles. The molecule has 0 saturated carbocycles. The summed E-state index contributed by atoms with van der Waals surface area (Å²) in [6.07, 6.45) is 4.10. The Bertz CT molecular complexity index is 335. The summed E-state index contributed by atoms with van der Waals surface area (Å²) in [4.78, 5) is 5.51. The summed E-state index contributed by atoms with van der Waals surface area (Å²) in [6, 6.07) is 5.29. The third-order valence-corrected chi connectivity index (χ3v) is 4.64. The standard InChI is InChI=1S/C14H24N2S/c1-3-13-5-4-9-16(13)10-8-15-11-14-7-6-12(2)17-14/h6-7,13,15H,3-5,8-11H2,1-2H3. The van der Waals surface area contributed by atoms with Crippen molar-refractivity contribution in [2.75, 3.05) is 19.6 Å². The lowest BCUT2D eigenvalue weighted by Crippen LogP contribution is -2.35. The summed E-state index contributed by atoms with van der Waals surface area (Å²) in [7, 11) is 0. The lowest BCUT2D eigenvalue weighted by Gasteiger charge is -2.23. The van der Waals surface area contributed by atoms with Crippen LogP contribution in [0.15, 0.2) is 12.1 Å². The molecular formula is C14H24N2S. The van der Waals surface area contributed by atoms with Crippen LogP contribution >= 0.6 is 11.3 Å². The molecule has 17 heavy (non-hydrogen) atoms. The highest BCUT2D eigenvalue weighted by atomic mass is 32.1. The van der Waals surface area contributed by atoms with Crippen molar-refractivity contribution in [3.8, 4) is 0 Å². The van der Waals surface area contributed by atoms with E-state index in [9.17, 15) is 0 Å². The van der Waals surface area contributed by atoms with Crippen molar-refractivity contribution in [1.29, 1.82) is 0 Å². The van der Waals surface area contributed by atoms with Gasteiger partial charge in [0, 0.05) is 35.4 Å². The second kappa shape index (κ2) is 6.53. The van der Waals surface area contributed by atoms with Crippen LogP contribution in [0.25, 0.3) is 0 Å². The van der Waals surface area contributed by atoms with Gasteiger partial charge in [-0.3, -0.25) is 4.90 Å². The number of thiophene rings is 1. The van der Waals surface area contributed by atoms with E-state index in [2.05, 4.69) is 36.2 Å². The van der Waals surface area contributed by atoms with Gasteiger partial charge >= 0.3 is 0 Å². The van der Waals surface area contributed by atoms with Gasteiger partial charge in [0.25, 0.3) is 0 Å². The molecule has 96 valence electrons. The molecule has 2 rings (SSSR count). The van der Waals surface area contributed by atoms with Crippen molar-refractivity contribution in [3.63, 3.8) is 0 Å². The summed E-state index contributed by atoms with van der Waals surface area (Å²) in [5.74, 6) is 0. The maximum atomic E-state index is 3.56. The van der Waals surface area contributed by atoms with Gasteiger partial charge < -0.3 is 5.32 Å². The second-order valence-corrected chi connectivity index (χ2v) is 6.30. The molecule has 1 N–H and O–H groups in total. The van der Waals surface area contributed by atoms with Crippen LogP contribution in [0.1, 0.15) is 35.9 Å². The van der Waals surface area contributed by atoms with Gasteiger partial charge in [-0.15, -0.1) is 11.3 Å². The molecule has 0 bridgehead atoms. The van der Waals surface area contributed by atoms with Crippen molar-refractivity contribution in [3.05, 3.63) is 21.9 Å². The van der Waals surface area contributed by atoms with E-state index in [1.807, 2.05) is 11.3 Å². The topological polar surface area (TPSA) is 15.3 Å². The molecular weight excluding hydrogens is 228 g/mol. The summed E-state index contributed by atoms with van der Waals surface area (Å²) >= 11 is 1.90. The Labute approximate surface area is 109 Å². The average molecular weight is 252 g/mol. The molecule has 3 heteroatoms. The van der Waals surface area contributed by atoms with Crippen LogP contribution in [0.3, 0.4) is 0 Å². The van der Waals surface area contributed by atoms with Crippen molar-refractivity contribution < 1.29 is 0 Å². The smallest absolute Gasteiger partial charge is 0.0300 e. The molecule has 1 unspecified atom stereocenters. The fraction of sp³-hybridized carbons (Fsp3) is 0.714. The fourth-order valence-electron chi connectivity index (χ4n) is 2.67. The minimum atomic E-state index is 0.848. The highest BCUT2D eigenvalue weighted by Gasteiger charge is 2.21. The minimum absolute atomic E-state index is 0.848. The van der Waals surface area contributed by atoms with Gasteiger partial charge in [0.1, 0.15) is 0 Å². The number of nitrogens with one attached hydrogen (secondary N) is 1. The molecule has 1 aliphatic heterocycles. The first-order valence-electron chi connectivity index (χ1n) is 6.79. The van der Waals surface area contributed by atoms with Gasteiger partial charge in [0.15, 0.2) is 0 Å². The molecule has 1 aromatic rings. The molecule has 1 aromatic heterocycles. The normalized spacial score (nSPS) is 21.2. The molecule has 1 saturated heterocycles. The predicted molar refractivity (Wildman–Crippen MR) is 75.6 cm³/mol. The van der Waals surface area contributed by atoms with E-state index >= 15 is 0 Å². The lowest BCUT2D eigenvalue weighted by molar-refractivity contribution is 0.248. The van der Waals surface area contributed by atoms with Gasteiger partial charge in [-0.05, 0) is 44.9 Å². The van der Waals surface area contributed by atoms with Crippen LogP contribution in [0.5, 0.6) is 0 Å². The highest BCUT2D eigenvalue weighted by molar-refractivity contribution is 7.11. The van der Waals surface area contributed by atoms with E-state index in [1.165, 1.54) is 42.1 Å². The van der Waals surface area contributed by atoms with Crippen LogP contribution in [-0.2, 0) is 6.54 Å². The molecule has 1 atom stereocenters. The summed E-state index contributed by atoms with van der Waals surface area (Å²) in [5.41, 5.74) is 0. The molecule has 1 aliphatic rings. The zero-order chi connectivity index (χ0) is 12.1. The van der Waals surface area contributed by atoms with E-state index in [-0.39, 0.29) is 0 Å². The lowest BCUT2D eigenvalue weighted by atomic mass is 10.2. The Hall–Kier alpha value is -0.380. The van der Waals surface area contributed by atoms with Gasteiger partial charge in [-0.25, -0.2) is 0 Å². The maximum absolute atomic E-state index is 3.56. The highest BCUT2D eigenvalue weighted by Crippen LogP contribution is 2.19. The first-order valence-corrected chi connectivity index (χ1v) is 7.61. The van der Waals surface area contributed by atoms with Crippen LogP contribution in [0, 0.1) is 6.92 Å².